The average molecular weight is 542 g/mol. The van der Waals surface area contributed by atoms with Crippen molar-refractivity contribution in [2.75, 3.05) is 32.0 Å². The molecule has 0 unspecified atom stereocenters. The topological polar surface area (TPSA) is 162 Å². The Bertz CT molecular complexity index is 1020. The van der Waals surface area contributed by atoms with E-state index >= 15 is 0 Å². The summed E-state index contributed by atoms with van der Waals surface area (Å²) in [5, 5.41) is 0. The van der Waals surface area contributed by atoms with Gasteiger partial charge in [-0.3, -0.25) is 9.79 Å². The molecule has 18 heteroatoms. The summed E-state index contributed by atoms with van der Waals surface area (Å²) in [6, 6.07) is 4.36. The third kappa shape index (κ3) is 11.0. The molecule has 1 aromatic rings. The number of hydrazine groups is 1. The van der Waals surface area contributed by atoms with Crippen LogP contribution in [0.1, 0.15) is 8.42 Å². The molecular weight excluding hydrogens is 519 g/mol. The predicted octanol–water partition coefficient (Wildman–Crippen LogP) is -5.38. The molecule has 0 heterocycles. The van der Waals surface area contributed by atoms with Crippen molar-refractivity contribution in [3.05, 3.63) is 29.8 Å². The quantitative estimate of drug-likeness (QED) is 0.134. The Morgan fingerprint density at radius 1 is 1.13 bits per heavy atom. The van der Waals surface area contributed by atoms with E-state index in [-0.39, 0.29) is 90.1 Å². The van der Waals surface area contributed by atoms with Gasteiger partial charge in [0.2, 0.25) is 10.0 Å². The van der Waals surface area contributed by atoms with E-state index in [2.05, 4.69) is 4.52 Å². The maximum absolute atomic E-state index is 12.8. The first-order chi connectivity index (χ1) is 13.1. The Kier molecular flexibility index (Phi) is 14.7. The number of urea groups is 1. The van der Waals surface area contributed by atoms with Crippen molar-refractivity contribution in [1.82, 2.24) is 13.7 Å². The number of para-hydroxylation sites is 1. The minimum absolute atomic E-state index is 0. The van der Waals surface area contributed by atoms with E-state index in [0.717, 1.165) is 4.90 Å². The Labute approximate surface area is 233 Å². The Morgan fingerprint density at radius 2 is 1.65 bits per heavy atom. The largest absolute Gasteiger partial charge is 1.00 e. The van der Waals surface area contributed by atoms with Crippen LogP contribution in [0, 0.1) is 0 Å². The smallest absolute Gasteiger partial charge is 1.00 e. The van der Waals surface area contributed by atoms with Crippen LogP contribution in [0.2, 0.25) is 0 Å². The third-order valence-electron chi connectivity index (χ3n) is 3.26. The zero-order valence-electron chi connectivity index (χ0n) is 19.7. The molecule has 12 nitrogen and oxygen atoms in total. The van der Waals surface area contributed by atoms with Crippen LogP contribution in [0.4, 0.5) is 4.79 Å². The Morgan fingerprint density at radius 3 is 2.06 bits per heavy atom. The van der Waals surface area contributed by atoms with Crippen LogP contribution >= 0.6 is 19.4 Å². The number of hydrogen-bond donors (Lipinski definition) is 2. The van der Waals surface area contributed by atoms with Crippen LogP contribution in [-0.4, -0.2) is 78.4 Å². The zero-order valence-corrected chi connectivity index (χ0v) is 24.9. The number of phosphoric acid groups is 1. The van der Waals surface area contributed by atoms with Crippen LogP contribution < -0.4 is 63.6 Å². The Hall–Kier alpha value is 0.590. The van der Waals surface area contributed by atoms with Gasteiger partial charge >= 0.3 is 73.0 Å². The molecule has 2 amide bonds. The van der Waals surface area contributed by atoms with Gasteiger partial charge in [0.05, 0.1) is 19.1 Å². The number of amides is 2. The summed E-state index contributed by atoms with van der Waals surface area (Å²) in [4.78, 5) is 31.6. The first-order valence-electron chi connectivity index (χ1n) is 7.70. The van der Waals surface area contributed by atoms with E-state index in [0.29, 0.717) is 16.9 Å². The second kappa shape index (κ2) is 13.5. The fraction of sp³-hybridized carbons (Fsp3) is 0.462. The van der Waals surface area contributed by atoms with Gasteiger partial charge in [-0.25, -0.2) is 26.2 Å². The van der Waals surface area contributed by atoms with Crippen LogP contribution in [0.5, 0.6) is 5.75 Å². The van der Waals surface area contributed by atoms with Crippen molar-refractivity contribution in [2.24, 2.45) is 0 Å². The molecule has 170 valence electrons. The summed E-state index contributed by atoms with van der Waals surface area (Å²) in [5.41, 5.74) is 0.142. The van der Waals surface area contributed by atoms with E-state index in [4.69, 9.17) is 21.4 Å². The second-order valence-corrected chi connectivity index (χ2v) is 11.1. The van der Waals surface area contributed by atoms with Gasteiger partial charge in [0.15, 0.2) is 0 Å². The van der Waals surface area contributed by atoms with Gasteiger partial charge in [0.1, 0.15) is 5.75 Å². The molecule has 0 spiro atoms. The van der Waals surface area contributed by atoms with Crippen molar-refractivity contribution in [3.8, 4) is 5.75 Å². The van der Waals surface area contributed by atoms with Gasteiger partial charge in [-0.05, 0) is 6.07 Å². The molecule has 0 aliphatic carbocycles. The van der Waals surface area contributed by atoms with Gasteiger partial charge in [-0.1, -0.05) is 22.6 Å². The van der Waals surface area contributed by atoms with Gasteiger partial charge in [-0.15, -0.1) is 16.0 Å². The van der Waals surface area contributed by atoms with Crippen molar-refractivity contribution >= 4 is 45.5 Å². The van der Waals surface area contributed by atoms with Crippen molar-refractivity contribution in [2.45, 2.75) is 6.54 Å². The normalized spacial score (nSPS) is 11.8. The van der Waals surface area contributed by atoms with Crippen molar-refractivity contribution < 1.29 is 102 Å². The molecule has 1 rings (SSSR count). The average Bonchev–Trinajstić information content (AvgIpc) is 2.52. The number of benzene rings is 1. The summed E-state index contributed by atoms with van der Waals surface area (Å²) in [5.74, 6) is -0.512. The van der Waals surface area contributed by atoms with E-state index in [1.807, 2.05) is 0 Å². The van der Waals surface area contributed by atoms with Crippen LogP contribution in [0.15, 0.2) is 24.3 Å². The van der Waals surface area contributed by atoms with E-state index in [9.17, 15) is 26.2 Å². The fourth-order valence-electron chi connectivity index (χ4n) is 2.19. The van der Waals surface area contributed by atoms with Gasteiger partial charge in [0, 0.05) is 25.0 Å². The number of phosphoric ester groups is 1. The number of alkyl halides is 1. The third-order valence-corrected chi connectivity index (χ3v) is 6.06. The number of rotatable bonds is 9. The maximum Gasteiger partial charge on any atom is 1.00 e. The first kappa shape index (κ1) is 33.8. The summed E-state index contributed by atoms with van der Waals surface area (Å²) >= 11 is 5.55. The van der Waals surface area contributed by atoms with Crippen LogP contribution in [0.25, 0.3) is 0 Å². The molecule has 31 heavy (non-hydrogen) atoms. The number of hydrogen-bond acceptors (Lipinski definition) is 7. The zero-order chi connectivity index (χ0) is 22.6. The van der Waals surface area contributed by atoms with Gasteiger partial charge in [-0.2, -0.15) is 0 Å². The summed E-state index contributed by atoms with van der Waals surface area (Å²) < 4.78 is 64.3. The molecule has 0 fully saturated rings. The van der Waals surface area contributed by atoms with Gasteiger partial charge < -0.3 is 12.3 Å². The van der Waals surface area contributed by atoms with Crippen LogP contribution in [-0.2, 0) is 31.2 Å². The van der Waals surface area contributed by atoms with E-state index in [1.165, 1.54) is 31.3 Å². The summed E-state index contributed by atoms with van der Waals surface area (Å²) in [6.45, 7) is -0.829. The molecule has 0 bridgehead atoms. The monoisotopic (exact) mass is 541 g/mol. The van der Waals surface area contributed by atoms with Crippen molar-refractivity contribution in [3.63, 3.8) is 0 Å². The Balaban J connectivity index is -0.00000105. The minimum atomic E-state index is -4.89. The number of halogens is 1. The predicted molar refractivity (Wildman–Crippen MR) is 107 cm³/mol. The SMILES string of the molecule is CN(Cc1ccccc1OP(=O)(O)O)C(=O)N(N(CCCl)S(C)(=O)=O)S(C)(=O)=O.[H-].[H-].[Na+].[Na+]. The molecule has 0 atom stereocenters. The molecule has 0 aliphatic rings. The molecule has 1 aromatic carbocycles. The molecule has 2 N–H and O–H groups in total. The maximum atomic E-state index is 12.8. The van der Waals surface area contributed by atoms with Crippen LogP contribution in [0.3, 0.4) is 0 Å². The molecule has 0 saturated carbocycles. The number of sulfonamides is 2. The minimum Gasteiger partial charge on any atom is -1.00 e. The summed E-state index contributed by atoms with van der Waals surface area (Å²) in [7, 11) is -12.3. The number of carbonyl (C=O) groups excluding carboxylic acids is 1. The number of nitrogens with zero attached hydrogens (tertiary/aromatic N) is 3. The molecule has 0 radical (unpaired) electrons. The molecule has 0 aromatic heterocycles. The number of carbonyl (C=O) groups is 1. The van der Waals surface area contributed by atoms with Crippen molar-refractivity contribution in [1.29, 1.82) is 0 Å². The second-order valence-electron chi connectivity index (χ2n) is 5.83. The summed E-state index contributed by atoms with van der Waals surface area (Å²) in [6.07, 6.45) is 1.37. The molecular formula is C13H23ClN3Na2O9PS2. The molecule has 0 aliphatic heterocycles. The van der Waals surface area contributed by atoms with Gasteiger partial charge in [0.25, 0.3) is 10.0 Å². The first-order valence-corrected chi connectivity index (χ1v) is 13.5. The van der Waals surface area contributed by atoms with E-state index < -0.39 is 40.4 Å². The molecule has 0 saturated heterocycles. The fourth-order valence-corrected chi connectivity index (χ4v) is 5.21. The standard InChI is InChI=1S/C13H21ClN3O9PS2.2Na.2H/c1-15(10-11-6-4-5-7-12(11)26-27(19,20)21)13(18)17(29(3,24)25)16(9-8-14)28(2,22)23;;;;/h4-7H,8-10H2,1-3H3,(H2,19,20,21);;;;/q;2*+1;2*-1. The van der Waals surface area contributed by atoms with E-state index in [1.54, 1.807) is 0 Å².